The fourth-order valence-electron chi connectivity index (χ4n) is 2.18. The van der Waals surface area contributed by atoms with Crippen LogP contribution in [0, 0.1) is 6.92 Å². The van der Waals surface area contributed by atoms with Crippen LogP contribution >= 0.6 is 47.0 Å². The zero-order valence-corrected chi connectivity index (χ0v) is 17.6. The van der Waals surface area contributed by atoms with Crippen LogP contribution in [0.15, 0.2) is 48.5 Å². The van der Waals surface area contributed by atoms with Crippen molar-refractivity contribution in [2.45, 2.75) is 16.9 Å². The zero-order chi connectivity index (χ0) is 20.0. The summed E-state index contributed by atoms with van der Waals surface area (Å²) in [6.07, 6.45) is -1.05. The molecule has 1 amide bonds. The molecule has 0 aliphatic carbocycles. The lowest BCUT2D eigenvalue weighted by Gasteiger charge is -2.27. The van der Waals surface area contributed by atoms with Crippen LogP contribution in [0.2, 0.25) is 0 Å². The van der Waals surface area contributed by atoms with E-state index in [4.69, 9.17) is 51.8 Å². The summed E-state index contributed by atoms with van der Waals surface area (Å²) < 4.78 is 3.24. The second kappa shape index (κ2) is 9.46. The molecule has 0 aromatic heterocycles. The summed E-state index contributed by atoms with van der Waals surface area (Å²) in [5.41, 5.74) is 2.22. The lowest BCUT2D eigenvalue weighted by molar-refractivity contribution is 0.0934. The Labute approximate surface area is 178 Å². The lowest BCUT2D eigenvalue weighted by Crippen LogP contribution is -2.56. The van der Waals surface area contributed by atoms with Crippen molar-refractivity contribution in [2.75, 3.05) is 12.4 Å². The van der Waals surface area contributed by atoms with Crippen molar-refractivity contribution in [3.63, 3.8) is 0 Å². The maximum absolute atomic E-state index is 12.5. The van der Waals surface area contributed by atoms with Gasteiger partial charge in [0.1, 0.15) is 11.9 Å². The van der Waals surface area contributed by atoms with Crippen LogP contribution in [0.4, 0.5) is 5.69 Å². The number of carbonyl (C=O) groups excluding carboxylic acids is 1. The number of amides is 1. The van der Waals surface area contributed by atoms with E-state index in [0.29, 0.717) is 11.3 Å². The molecule has 0 bridgehead atoms. The van der Waals surface area contributed by atoms with E-state index in [9.17, 15) is 4.79 Å². The Morgan fingerprint density at radius 2 is 1.78 bits per heavy atom. The van der Waals surface area contributed by atoms with Crippen molar-refractivity contribution in [1.82, 2.24) is 10.6 Å². The SMILES string of the molecule is COc1ccc(C(=O)NC(NC(=S)Nc2cccc(C)c2)C(Cl)(Cl)Cl)cc1. The normalized spacial score (nSPS) is 12.0. The monoisotopic (exact) mass is 445 g/mol. The van der Waals surface area contributed by atoms with Gasteiger partial charge in [-0.05, 0) is 61.1 Å². The standard InChI is InChI=1S/C18H18Cl3N3O2S/c1-11-4-3-5-13(10-11)22-17(27)24-16(18(19,20)21)23-15(25)12-6-8-14(26-2)9-7-12/h3-10,16H,1-2H3,(H,23,25)(H2,22,24,27). The van der Waals surface area contributed by atoms with Crippen LogP contribution in [-0.4, -0.2) is 28.1 Å². The third-order valence-corrected chi connectivity index (χ3v) is 4.38. The first-order valence-electron chi connectivity index (χ1n) is 7.85. The maximum Gasteiger partial charge on any atom is 0.252 e. The van der Waals surface area contributed by atoms with Gasteiger partial charge in [-0.2, -0.15) is 0 Å². The Balaban J connectivity index is 2.06. The third kappa shape index (κ3) is 6.74. The fourth-order valence-corrected chi connectivity index (χ4v) is 2.74. The number of halogens is 3. The second-order valence-electron chi connectivity index (χ2n) is 5.64. The van der Waals surface area contributed by atoms with Crippen molar-refractivity contribution >= 4 is 63.7 Å². The first-order chi connectivity index (χ1) is 12.7. The number of anilines is 1. The molecular weight excluding hydrogens is 429 g/mol. The number of alkyl halides is 3. The van der Waals surface area contributed by atoms with Crippen LogP contribution < -0.4 is 20.7 Å². The molecule has 0 heterocycles. The molecule has 0 spiro atoms. The number of carbonyl (C=O) groups is 1. The van der Waals surface area contributed by atoms with Gasteiger partial charge in [0, 0.05) is 11.3 Å². The Morgan fingerprint density at radius 1 is 1.11 bits per heavy atom. The quantitative estimate of drug-likeness (QED) is 0.361. The molecule has 3 N–H and O–H groups in total. The van der Waals surface area contributed by atoms with Crippen molar-refractivity contribution in [1.29, 1.82) is 0 Å². The maximum atomic E-state index is 12.5. The van der Waals surface area contributed by atoms with Crippen LogP contribution in [0.5, 0.6) is 5.75 Å². The van der Waals surface area contributed by atoms with Gasteiger partial charge in [0.2, 0.25) is 3.79 Å². The number of methoxy groups -OCH3 is 1. The summed E-state index contributed by atoms with van der Waals surface area (Å²) >= 11 is 23.3. The molecule has 0 radical (unpaired) electrons. The largest absolute Gasteiger partial charge is 0.497 e. The van der Waals surface area contributed by atoms with E-state index >= 15 is 0 Å². The summed E-state index contributed by atoms with van der Waals surface area (Å²) in [4.78, 5) is 12.5. The topological polar surface area (TPSA) is 62.4 Å². The average molecular weight is 447 g/mol. The summed E-state index contributed by atoms with van der Waals surface area (Å²) in [5.74, 6) is 0.200. The van der Waals surface area contributed by atoms with Crippen LogP contribution in [0.1, 0.15) is 15.9 Å². The minimum absolute atomic E-state index is 0.201. The summed E-state index contributed by atoms with van der Waals surface area (Å²) in [5, 5.41) is 8.63. The van der Waals surface area contributed by atoms with Crippen LogP contribution in [0.3, 0.4) is 0 Å². The van der Waals surface area contributed by atoms with Crippen molar-refractivity contribution in [3.05, 3.63) is 59.7 Å². The lowest BCUT2D eigenvalue weighted by atomic mass is 10.2. The Kier molecular flexibility index (Phi) is 7.56. The van der Waals surface area contributed by atoms with Gasteiger partial charge in [0.25, 0.3) is 5.91 Å². The van der Waals surface area contributed by atoms with Gasteiger partial charge in [0.05, 0.1) is 7.11 Å². The van der Waals surface area contributed by atoms with Crippen LogP contribution in [-0.2, 0) is 0 Å². The molecule has 2 rings (SSSR count). The molecule has 0 aliphatic rings. The fraction of sp³-hybridized carbons (Fsp3) is 0.222. The number of thiocarbonyl (C=S) groups is 1. The molecule has 5 nitrogen and oxygen atoms in total. The molecular formula is C18H18Cl3N3O2S. The zero-order valence-electron chi connectivity index (χ0n) is 14.6. The molecule has 0 saturated heterocycles. The first-order valence-corrected chi connectivity index (χ1v) is 9.39. The third-order valence-electron chi connectivity index (χ3n) is 3.51. The Bertz CT molecular complexity index is 810. The predicted molar refractivity (Wildman–Crippen MR) is 115 cm³/mol. The number of nitrogens with one attached hydrogen (secondary N) is 3. The minimum atomic E-state index is -1.83. The van der Waals surface area contributed by atoms with Gasteiger partial charge in [-0.3, -0.25) is 4.79 Å². The molecule has 1 unspecified atom stereocenters. The van der Waals surface area contributed by atoms with Gasteiger partial charge >= 0.3 is 0 Å². The van der Waals surface area contributed by atoms with E-state index in [1.807, 2.05) is 31.2 Å². The van der Waals surface area contributed by atoms with Gasteiger partial charge in [-0.15, -0.1) is 0 Å². The summed E-state index contributed by atoms with van der Waals surface area (Å²) in [6, 6.07) is 14.1. The predicted octanol–water partition coefficient (Wildman–Crippen LogP) is 4.42. The van der Waals surface area contributed by atoms with E-state index < -0.39 is 15.9 Å². The molecule has 1 atom stereocenters. The molecule has 2 aromatic carbocycles. The highest BCUT2D eigenvalue weighted by molar-refractivity contribution is 7.80. The van der Waals surface area contributed by atoms with E-state index in [0.717, 1.165) is 11.3 Å². The minimum Gasteiger partial charge on any atom is -0.497 e. The molecule has 0 saturated carbocycles. The average Bonchev–Trinajstić information content (AvgIpc) is 2.60. The number of rotatable bonds is 5. The highest BCUT2D eigenvalue weighted by Gasteiger charge is 2.34. The molecule has 27 heavy (non-hydrogen) atoms. The van der Waals surface area contributed by atoms with Crippen LogP contribution in [0.25, 0.3) is 0 Å². The van der Waals surface area contributed by atoms with E-state index in [2.05, 4.69) is 16.0 Å². The smallest absolute Gasteiger partial charge is 0.252 e. The molecule has 144 valence electrons. The molecule has 9 heteroatoms. The van der Waals surface area contributed by atoms with Gasteiger partial charge in [-0.1, -0.05) is 46.9 Å². The highest BCUT2D eigenvalue weighted by Crippen LogP contribution is 2.29. The number of hydrogen-bond acceptors (Lipinski definition) is 3. The second-order valence-corrected chi connectivity index (χ2v) is 8.42. The summed E-state index contributed by atoms with van der Waals surface area (Å²) in [7, 11) is 1.54. The molecule has 0 aliphatic heterocycles. The summed E-state index contributed by atoms with van der Waals surface area (Å²) in [6.45, 7) is 1.96. The van der Waals surface area contributed by atoms with E-state index in [1.54, 1.807) is 31.4 Å². The number of benzene rings is 2. The van der Waals surface area contributed by atoms with Gasteiger partial charge < -0.3 is 20.7 Å². The van der Waals surface area contributed by atoms with Crippen molar-refractivity contribution in [2.24, 2.45) is 0 Å². The first kappa shape index (κ1) is 21.6. The van der Waals surface area contributed by atoms with E-state index in [1.165, 1.54) is 0 Å². The highest BCUT2D eigenvalue weighted by atomic mass is 35.6. The number of aryl methyl sites for hydroxylation is 1. The molecule has 2 aromatic rings. The Hall–Kier alpha value is -1.73. The molecule has 0 fully saturated rings. The number of hydrogen-bond donors (Lipinski definition) is 3. The van der Waals surface area contributed by atoms with Gasteiger partial charge in [0.15, 0.2) is 5.11 Å². The van der Waals surface area contributed by atoms with Crippen molar-refractivity contribution < 1.29 is 9.53 Å². The Morgan fingerprint density at radius 3 is 2.33 bits per heavy atom. The number of ether oxygens (including phenoxy) is 1. The van der Waals surface area contributed by atoms with E-state index in [-0.39, 0.29) is 5.11 Å². The van der Waals surface area contributed by atoms with Gasteiger partial charge in [-0.25, -0.2) is 0 Å². The van der Waals surface area contributed by atoms with Crippen molar-refractivity contribution in [3.8, 4) is 5.75 Å².